The first kappa shape index (κ1) is 20.0. The molecule has 7 heteroatoms. The summed E-state index contributed by atoms with van der Waals surface area (Å²) in [5.74, 6) is -0.125. The minimum Gasteiger partial charge on any atom is -0.347 e. The Bertz CT molecular complexity index is 1160. The Balaban J connectivity index is 1.55. The van der Waals surface area contributed by atoms with E-state index in [2.05, 4.69) is 39.7 Å². The Kier molecular flexibility index (Phi) is 5.72. The lowest BCUT2D eigenvalue weighted by Gasteiger charge is -2.04. The van der Waals surface area contributed by atoms with Gasteiger partial charge in [-0.1, -0.05) is 54.6 Å². The van der Waals surface area contributed by atoms with Gasteiger partial charge in [0.2, 0.25) is 0 Å². The summed E-state index contributed by atoms with van der Waals surface area (Å²) in [4.78, 5) is 17.9. The summed E-state index contributed by atoms with van der Waals surface area (Å²) in [5, 5.41) is 12.3. The minimum absolute atomic E-state index is 0.125. The van der Waals surface area contributed by atoms with Crippen molar-refractivity contribution in [2.24, 2.45) is 0 Å². The topological polar surface area (TPSA) is 72.7 Å². The van der Waals surface area contributed by atoms with E-state index in [-0.39, 0.29) is 5.91 Å². The van der Waals surface area contributed by atoms with Crippen LogP contribution in [0.15, 0.2) is 54.6 Å². The zero-order valence-corrected chi connectivity index (χ0v) is 18.0. The number of benzene rings is 2. The number of nitrogens with one attached hydrogen (secondary N) is 1. The molecule has 2 aromatic heterocycles. The zero-order chi connectivity index (χ0) is 21.1. The first-order valence-corrected chi connectivity index (χ1v) is 10.7. The molecule has 1 N–H and O–H groups in total. The molecule has 0 aliphatic rings. The minimum atomic E-state index is -0.125. The smallest absolute Gasteiger partial charge is 0.263 e. The molecule has 0 atom stereocenters. The molecule has 4 rings (SSSR count). The molecule has 0 saturated carbocycles. The number of carbonyl (C=O) groups is 1. The fraction of sp³-hybridized carbons (Fsp3) is 0.217. The van der Waals surface area contributed by atoms with Gasteiger partial charge in [-0.3, -0.25) is 4.79 Å². The van der Waals surface area contributed by atoms with Crippen LogP contribution in [0, 0.1) is 13.8 Å². The van der Waals surface area contributed by atoms with Crippen LogP contribution in [0.1, 0.15) is 39.1 Å². The van der Waals surface area contributed by atoms with Crippen molar-refractivity contribution in [1.29, 1.82) is 0 Å². The standard InChI is InChI=1S/C23H23N5OS/c1-4-17-10-12-19(13-11-17)28-16(3)20(26-27-28)23-25-15(2)21(30-23)22(29)24-14-18-8-6-5-7-9-18/h5-13H,4,14H2,1-3H3,(H,24,29). The van der Waals surface area contributed by atoms with Crippen LogP contribution in [0.2, 0.25) is 0 Å². The Hall–Kier alpha value is -3.32. The number of hydrogen-bond donors (Lipinski definition) is 1. The van der Waals surface area contributed by atoms with Crippen molar-refractivity contribution in [3.05, 3.63) is 82.0 Å². The maximum absolute atomic E-state index is 12.7. The summed E-state index contributed by atoms with van der Waals surface area (Å²) in [6, 6.07) is 18.1. The number of carbonyl (C=O) groups excluding carboxylic acids is 1. The van der Waals surface area contributed by atoms with E-state index in [1.54, 1.807) is 4.68 Å². The van der Waals surface area contributed by atoms with Gasteiger partial charge < -0.3 is 5.32 Å². The van der Waals surface area contributed by atoms with Gasteiger partial charge in [-0.15, -0.1) is 16.4 Å². The third-order valence-electron chi connectivity index (χ3n) is 4.99. The van der Waals surface area contributed by atoms with Crippen LogP contribution in [-0.4, -0.2) is 25.9 Å². The van der Waals surface area contributed by atoms with Crippen molar-refractivity contribution in [2.45, 2.75) is 33.7 Å². The SMILES string of the molecule is CCc1ccc(-n2nnc(-c3nc(C)c(C(=O)NCc4ccccc4)s3)c2C)cc1. The third-order valence-corrected chi connectivity index (χ3v) is 6.15. The lowest BCUT2D eigenvalue weighted by atomic mass is 10.1. The second kappa shape index (κ2) is 8.59. The fourth-order valence-corrected chi connectivity index (χ4v) is 4.23. The molecule has 2 aromatic carbocycles. The number of aromatic nitrogens is 4. The van der Waals surface area contributed by atoms with E-state index in [1.807, 2.05) is 56.3 Å². The van der Waals surface area contributed by atoms with Crippen molar-refractivity contribution in [3.8, 4) is 16.4 Å². The molecule has 2 heterocycles. The van der Waals surface area contributed by atoms with Crippen molar-refractivity contribution in [3.63, 3.8) is 0 Å². The molecule has 0 aliphatic carbocycles. The first-order valence-electron chi connectivity index (χ1n) is 9.88. The molecule has 30 heavy (non-hydrogen) atoms. The monoisotopic (exact) mass is 417 g/mol. The van der Waals surface area contributed by atoms with Gasteiger partial charge in [-0.05, 0) is 43.5 Å². The van der Waals surface area contributed by atoms with Gasteiger partial charge >= 0.3 is 0 Å². The van der Waals surface area contributed by atoms with Crippen LogP contribution in [-0.2, 0) is 13.0 Å². The van der Waals surface area contributed by atoms with E-state index in [0.29, 0.717) is 27.8 Å². The molecule has 0 spiro atoms. The zero-order valence-electron chi connectivity index (χ0n) is 17.2. The Morgan fingerprint density at radius 2 is 1.77 bits per heavy atom. The average molecular weight is 418 g/mol. The summed E-state index contributed by atoms with van der Waals surface area (Å²) < 4.78 is 1.81. The maximum Gasteiger partial charge on any atom is 0.263 e. The van der Waals surface area contributed by atoms with Crippen LogP contribution >= 0.6 is 11.3 Å². The summed E-state index contributed by atoms with van der Waals surface area (Å²) in [7, 11) is 0. The normalized spacial score (nSPS) is 10.9. The van der Waals surface area contributed by atoms with Crippen LogP contribution in [0.5, 0.6) is 0 Å². The molecule has 0 radical (unpaired) electrons. The van der Waals surface area contributed by atoms with Crippen molar-refractivity contribution < 1.29 is 4.79 Å². The average Bonchev–Trinajstić information content (AvgIpc) is 3.35. The van der Waals surface area contributed by atoms with E-state index in [4.69, 9.17) is 0 Å². The van der Waals surface area contributed by atoms with E-state index in [9.17, 15) is 4.79 Å². The molecule has 0 unspecified atom stereocenters. The van der Waals surface area contributed by atoms with Crippen LogP contribution in [0.4, 0.5) is 0 Å². The molecule has 4 aromatic rings. The van der Waals surface area contributed by atoms with Gasteiger partial charge in [-0.25, -0.2) is 9.67 Å². The maximum atomic E-state index is 12.7. The van der Waals surface area contributed by atoms with Crippen LogP contribution < -0.4 is 5.32 Å². The van der Waals surface area contributed by atoms with E-state index in [0.717, 1.165) is 23.4 Å². The Morgan fingerprint density at radius 3 is 2.47 bits per heavy atom. The second-order valence-electron chi connectivity index (χ2n) is 7.06. The molecule has 0 saturated heterocycles. The number of amides is 1. The van der Waals surface area contributed by atoms with Gasteiger partial charge in [0.25, 0.3) is 5.91 Å². The molecular formula is C23H23N5OS. The van der Waals surface area contributed by atoms with E-state index >= 15 is 0 Å². The number of thiazole rings is 1. The van der Waals surface area contributed by atoms with Gasteiger partial charge in [0.05, 0.1) is 17.1 Å². The summed E-state index contributed by atoms with van der Waals surface area (Å²) in [5.41, 5.74) is 5.58. The van der Waals surface area contributed by atoms with Gasteiger partial charge in [0.15, 0.2) is 0 Å². The summed E-state index contributed by atoms with van der Waals surface area (Å²) >= 11 is 1.35. The highest BCUT2D eigenvalue weighted by Crippen LogP contribution is 2.29. The van der Waals surface area contributed by atoms with E-state index < -0.39 is 0 Å². The third kappa shape index (κ3) is 4.02. The highest BCUT2D eigenvalue weighted by Gasteiger charge is 2.20. The van der Waals surface area contributed by atoms with Crippen molar-refractivity contribution in [2.75, 3.05) is 0 Å². The molecule has 0 aliphatic heterocycles. The molecule has 152 valence electrons. The molecule has 1 amide bonds. The fourth-order valence-electron chi connectivity index (χ4n) is 3.21. The van der Waals surface area contributed by atoms with Crippen molar-refractivity contribution >= 4 is 17.2 Å². The Labute approximate surface area is 179 Å². The predicted molar refractivity (Wildman–Crippen MR) is 119 cm³/mol. The number of rotatable bonds is 6. The first-order chi connectivity index (χ1) is 14.6. The van der Waals surface area contributed by atoms with Gasteiger partial charge in [-0.2, -0.15) is 0 Å². The quantitative estimate of drug-likeness (QED) is 0.501. The van der Waals surface area contributed by atoms with E-state index in [1.165, 1.54) is 16.9 Å². The highest BCUT2D eigenvalue weighted by atomic mass is 32.1. The van der Waals surface area contributed by atoms with Gasteiger partial charge in [0, 0.05) is 6.54 Å². The number of aryl methyl sites for hydroxylation is 2. The van der Waals surface area contributed by atoms with Gasteiger partial charge in [0.1, 0.15) is 15.6 Å². The molecule has 0 bridgehead atoms. The second-order valence-corrected chi connectivity index (χ2v) is 8.06. The largest absolute Gasteiger partial charge is 0.347 e. The molecule has 0 fully saturated rings. The molecule has 6 nitrogen and oxygen atoms in total. The number of hydrogen-bond acceptors (Lipinski definition) is 5. The molecular weight excluding hydrogens is 394 g/mol. The van der Waals surface area contributed by atoms with Crippen LogP contribution in [0.3, 0.4) is 0 Å². The summed E-state index contributed by atoms with van der Waals surface area (Å²) in [6.07, 6.45) is 0.995. The Morgan fingerprint density at radius 1 is 1.03 bits per heavy atom. The summed E-state index contributed by atoms with van der Waals surface area (Å²) in [6.45, 7) is 6.43. The lowest BCUT2D eigenvalue weighted by molar-refractivity contribution is 0.0954. The van der Waals surface area contributed by atoms with Crippen LogP contribution in [0.25, 0.3) is 16.4 Å². The number of nitrogens with zero attached hydrogens (tertiary/aromatic N) is 4. The lowest BCUT2D eigenvalue weighted by Crippen LogP contribution is -2.22. The highest BCUT2D eigenvalue weighted by molar-refractivity contribution is 7.17. The predicted octanol–water partition coefficient (Wildman–Crippen LogP) is 4.50. The van der Waals surface area contributed by atoms with Crippen molar-refractivity contribution in [1.82, 2.24) is 25.3 Å².